The molecule has 14 heteroatoms. The third-order valence-corrected chi connectivity index (χ3v) is 9.10. The van der Waals surface area contributed by atoms with Crippen LogP contribution in [0.25, 0.3) is 15.2 Å². The van der Waals surface area contributed by atoms with Crippen molar-refractivity contribution in [3.8, 4) is 10.8 Å². The Kier molecular flexibility index (Phi) is 9.37. The van der Waals surface area contributed by atoms with Crippen LogP contribution < -0.4 is 16.0 Å². The minimum Gasteiger partial charge on any atom is -0.496 e. The number of halogens is 1. The lowest BCUT2D eigenvalue weighted by molar-refractivity contribution is -0.130. The smallest absolute Gasteiger partial charge is 0.332 e. The number of aliphatic hydroxyl groups excluding tert-OH is 1. The lowest BCUT2D eigenvalue weighted by Gasteiger charge is -2.17. The maximum absolute atomic E-state index is 14.0. The molecule has 5 heterocycles. The molecular weight excluding hydrogens is 579 g/mol. The fourth-order valence-electron chi connectivity index (χ4n) is 5.47. The number of aryl methyl sites for hydroxylation is 3. The van der Waals surface area contributed by atoms with Gasteiger partial charge in [0.1, 0.15) is 27.4 Å². The van der Waals surface area contributed by atoms with Crippen molar-refractivity contribution in [2.24, 2.45) is 0 Å². The van der Waals surface area contributed by atoms with E-state index in [0.29, 0.717) is 51.6 Å². The van der Waals surface area contributed by atoms with Crippen LogP contribution >= 0.6 is 11.3 Å². The number of hydrogen-bond donors (Lipinski definition) is 1. The van der Waals surface area contributed by atoms with Crippen LogP contribution in [0.5, 0.6) is 5.75 Å². The molecule has 1 N–H and O–H groups in total. The molecule has 3 aromatic heterocycles. The second kappa shape index (κ2) is 13.2. The number of aromatic nitrogens is 5. The van der Waals surface area contributed by atoms with Crippen molar-refractivity contribution in [3.63, 3.8) is 0 Å². The standard InChI is InChI=1S/C24H25FN6O4S.C5H10O2/c1-4-28-11-8-17(20(28)32)30-21(33)19-14(2)22(31-26-9-10-27-31)36-23(19)29(24(30)34)12-7-15-13-16(25)5-6-18(15)35-3;6-5-1-3-7-4-2-5/h5-6,9-10,13,17H,4,7-8,11-12H2,1-3H3;5-6H,1-4H2. The highest BCUT2D eigenvalue weighted by molar-refractivity contribution is 7.21. The van der Waals surface area contributed by atoms with Crippen LogP contribution in [0.1, 0.15) is 43.4 Å². The Labute approximate surface area is 250 Å². The van der Waals surface area contributed by atoms with Gasteiger partial charge in [0.05, 0.1) is 31.0 Å². The van der Waals surface area contributed by atoms with Gasteiger partial charge < -0.3 is 19.5 Å². The van der Waals surface area contributed by atoms with Crippen LogP contribution in [0.3, 0.4) is 0 Å². The zero-order valence-corrected chi connectivity index (χ0v) is 25.2. The lowest BCUT2D eigenvalue weighted by atomic mass is 10.1. The number of rotatable bonds is 7. The summed E-state index contributed by atoms with van der Waals surface area (Å²) in [6.07, 6.45) is 5.26. The average Bonchev–Trinajstić information content (AvgIpc) is 3.74. The number of benzene rings is 1. The maximum Gasteiger partial charge on any atom is 0.332 e. The lowest BCUT2D eigenvalue weighted by Crippen LogP contribution is -2.44. The molecule has 0 aliphatic carbocycles. The first-order valence-electron chi connectivity index (χ1n) is 14.3. The van der Waals surface area contributed by atoms with Crippen LogP contribution in [-0.4, -0.2) is 79.6 Å². The number of likely N-dealkylation sites (tertiary alicyclic amines) is 1. The molecule has 1 aromatic carbocycles. The first-order chi connectivity index (χ1) is 20.7. The summed E-state index contributed by atoms with van der Waals surface area (Å²) in [6.45, 7) is 6.26. The van der Waals surface area contributed by atoms with Gasteiger partial charge in [-0.15, -0.1) is 4.80 Å². The van der Waals surface area contributed by atoms with Gasteiger partial charge in [0.25, 0.3) is 5.56 Å². The Morgan fingerprint density at radius 3 is 2.47 bits per heavy atom. The van der Waals surface area contributed by atoms with E-state index in [-0.39, 0.29) is 25.0 Å². The number of methoxy groups -OCH3 is 1. The summed E-state index contributed by atoms with van der Waals surface area (Å²) in [5, 5.41) is 18.2. The van der Waals surface area contributed by atoms with E-state index in [1.165, 1.54) is 58.4 Å². The molecule has 43 heavy (non-hydrogen) atoms. The van der Waals surface area contributed by atoms with E-state index in [9.17, 15) is 18.8 Å². The predicted octanol–water partition coefficient (Wildman–Crippen LogP) is 2.46. The average molecular weight is 615 g/mol. The Hall–Kier alpha value is -3.88. The third-order valence-electron chi connectivity index (χ3n) is 7.82. The van der Waals surface area contributed by atoms with Gasteiger partial charge >= 0.3 is 5.69 Å². The summed E-state index contributed by atoms with van der Waals surface area (Å²) in [4.78, 5) is 44.0. The van der Waals surface area contributed by atoms with Crippen molar-refractivity contribution in [3.05, 3.63) is 68.4 Å². The molecule has 0 bridgehead atoms. The zero-order chi connectivity index (χ0) is 30.7. The topological polar surface area (TPSA) is 134 Å². The molecule has 4 aromatic rings. The number of ether oxygens (including phenoxy) is 2. The quantitative estimate of drug-likeness (QED) is 0.336. The van der Waals surface area contributed by atoms with Crippen molar-refractivity contribution in [2.75, 3.05) is 33.4 Å². The van der Waals surface area contributed by atoms with E-state index >= 15 is 0 Å². The summed E-state index contributed by atoms with van der Waals surface area (Å²) in [6, 6.07) is 3.35. The van der Waals surface area contributed by atoms with Crippen LogP contribution in [0.15, 0.2) is 40.2 Å². The minimum absolute atomic E-state index is 0.0891. The molecule has 1 unspecified atom stereocenters. The number of hydrogen-bond acceptors (Lipinski definition) is 9. The Morgan fingerprint density at radius 2 is 1.86 bits per heavy atom. The molecule has 2 aliphatic rings. The van der Waals surface area contributed by atoms with E-state index < -0.39 is 23.1 Å². The number of thiophene rings is 1. The molecule has 2 fully saturated rings. The highest BCUT2D eigenvalue weighted by Gasteiger charge is 2.35. The van der Waals surface area contributed by atoms with E-state index in [1.807, 2.05) is 6.92 Å². The first kappa shape index (κ1) is 30.6. The van der Waals surface area contributed by atoms with Crippen molar-refractivity contribution in [1.82, 2.24) is 29.0 Å². The van der Waals surface area contributed by atoms with Crippen molar-refractivity contribution in [2.45, 2.75) is 58.2 Å². The zero-order valence-electron chi connectivity index (χ0n) is 24.4. The highest BCUT2D eigenvalue weighted by Crippen LogP contribution is 2.31. The van der Waals surface area contributed by atoms with E-state index in [0.717, 1.165) is 30.6 Å². The van der Waals surface area contributed by atoms with Gasteiger partial charge in [-0.05, 0) is 63.3 Å². The number of amides is 1. The molecule has 0 saturated carbocycles. The van der Waals surface area contributed by atoms with E-state index in [4.69, 9.17) is 14.6 Å². The summed E-state index contributed by atoms with van der Waals surface area (Å²) in [5.41, 5.74) is 0.143. The SMILES string of the molecule is CCN1CCC(n2c(=O)c3c(C)c(-n4nccn4)sc3n(CCc3cc(F)ccc3OC)c2=O)C1=O.OC1CCOCC1. The molecule has 230 valence electrons. The fourth-order valence-corrected chi connectivity index (χ4v) is 6.71. The number of carbonyl (C=O) groups excluding carboxylic acids is 1. The van der Waals surface area contributed by atoms with Crippen molar-refractivity contribution in [1.29, 1.82) is 0 Å². The second-order valence-electron chi connectivity index (χ2n) is 10.4. The maximum atomic E-state index is 14.0. The number of likely N-dealkylation sites (N-methyl/N-ethyl adjacent to an activating group) is 1. The molecule has 0 spiro atoms. The Balaban J connectivity index is 0.000000463. The second-order valence-corrected chi connectivity index (χ2v) is 11.4. The van der Waals surface area contributed by atoms with Gasteiger partial charge in [0.2, 0.25) is 5.91 Å². The van der Waals surface area contributed by atoms with Crippen molar-refractivity contribution >= 4 is 27.5 Å². The van der Waals surface area contributed by atoms with E-state index in [1.54, 1.807) is 11.8 Å². The number of nitrogens with zero attached hydrogens (tertiary/aromatic N) is 6. The van der Waals surface area contributed by atoms with Crippen LogP contribution in [0.4, 0.5) is 4.39 Å². The van der Waals surface area contributed by atoms with Crippen molar-refractivity contribution < 1.29 is 23.8 Å². The Morgan fingerprint density at radius 1 is 1.14 bits per heavy atom. The molecule has 6 rings (SSSR count). The Bertz CT molecular complexity index is 1710. The molecular formula is C29H35FN6O6S. The monoisotopic (exact) mass is 614 g/mol. The molecule has 2 saturated heterocycles. The van der Waals surface area contributed by atoms with Crippen LogP contribution in [0, 0.1) is 12.7 Å². The third kappa shape index (κ3) is 6.12. The molecule has 1 atom stereocenters. The van der Waals surface area contributed by atoms with Gasteiger partial charge in [0.15, 0.2) is 0 Å². The number of carbonyl (C=O) groups is 1. The highest BCUT2D eigenvalue weighted by atomic mass is 32.1. The molecule has 0 radical (unpaired) electrons. The number of fused-ring (bicyclic) bond motifs is 1. The van der Waals surface area contributed by atoms with Crippen LogP contribution in [0.2, 0.25) is 0 Å². The summed E-state index contributed by atoms with van der Waals surface area (Å²) >= 11 is 1.23. The van der Waals surface area contributed by atoms with E-state index in [2.05, 4.69) is 10.2 Å². The normalized spacial score (nSPS) is 17.4. The summed E-state index contributed by atoms with van der Waals surface area (Å²) in [5.74, 6) is -0.151. The van der Waals surface area contributed by atoms with Crippen LogP contribution in [-0.2, 0) is 22.5 Å². The van der Waals surface area contributed by atoms with Gasteiger partial charge in [0, 0.05) is 38.4 Å². The molecule has 2 aliphatic heterocycles. The molecule has 1 amide bonds. The van der Waals surface area contributed by atoms with Gasteiger partial charge in [-0.25, -0.2) is 13.8 Å². The fraction of sp³-hybridized carbons (Fsp3) is 0.483. The summed E-state index contributed by atoms with van der Waals surface area (Å²) in [7, 11) is 1.50. The minimum atomic E-state index is -0.866. The summed E-state index contributed by atoms with van der Waals surface area (Å²) < 4.78 is 26.9. The molecule has 12 nitrogen and oxygen atoms in total. The number of aliphatic hydroxyl groups is 1. The van der Waals surface area contributed by atoms with Gasteiger partial charge in [-0.3, -0.25) is 14.2 Å². The van der Waals surface area contributed by atoms with Gasteiger partial charge in [-0.2, -0.15) is 10.2 Å². The van der Waals surface area contributed by atoms with Gasteiger partial charge in [-0.1, -0.05) is 11.3 Å². The predicted molar refractivity (Wildman–Crippen MR) is 159 cm³/mol. The first-order valence-corrected chi connectivity index (χ1v) is 15.1. The largest absolute Gasteiger partial charge is 0.496 e.